The third-order valence-corrected chi connectivity index (χ3v) is 6.40. The molecule has 0 amide bonds. The van der Waals surface area contributed by atoms with E-state index in [-0.39, 0.29) is 16.6 Å². The molecular weight excluding hydrogens is 515 g/mol. The number of hydrogen-bond donors (Lipinski definition) is 7. The second-order valence-electron chi connectivity index (χ2n) is 9.05. The number of pyridine rings is 1. The van der Waals surface area contributed by atoms with E-state index in [1.165, 1.54) is 12.1 Å². The van der Waals surface area contributed by atoms with E-state index in [0.29, 0.717) is 11.3 Å². The van der Waals surface area contributed by atoms with Gasteiger partial charge in [-0.05, 0) is 37.4 Å². The molecule has 206 valence electrons. The summed E-state index contributed by atoms with van der Waals surface area (Å²) in [6, 6.07) is 10.5. The van der Waals surface area contributed by atoms with Crippen LogP contribution in [0.5, 0.6) is 0 Å². The van der Waals surface area contributed by atoms with E-state index >= 15 is 0 Å². The number of H-pyrrole nitrogens is 2. The van der Waals surface area contributed by atoms with Crippen LogP contribution in [0.15, 0.2) is 41.2 Å². The van der Waals surface area contributed by atoms with E-state index in [1.807, 2.05) is 18.2 Å². The lowest BCUT2D eigenvalue weighted by molar-refractivity contribution is -0.165. The van der Waals surface area contributed by atoms with Crippen LogP contribution in [-0.2, 0) is 9.59 Å². The van der Waals surface area contributed by atoms with Gasteiger partial charge >= 0.3 is 11.9 Å². The highest BCUT2D eigenvalue weighted by atomic mass is 19.1. The number of aliphatic hydroxyl groups excluding tert-OH is 2. The SMILES string of the molecule is CN1CCN(c2ccc3nc(-c4c(N)c5c(F)cccc5[nH]c4=O)[nH]c3c2)CC1.O=C(O)[C@H](O)[C@@H](O)C(=O)O. The number of aliphatic carboxylic acids is 2. The Labute approximate surface area is 219 Å². The van der Waals surface area contributed by atoms with Gasteiger partial charge in [-0.2, -0.15) is 0 Å². The van der Waals surface area contributed by atoms with E-state index in [1.54, 1.807) is 6.07 Å². The van der Waals surface area contributed by atoms with Crippen molar-refractivity contribution in [2.75, 3.05) is 43.9 Å². The number of aromatic nitrogens is 3. The molecule has 0 spiro atoms. The van der Waals surface area contributed by atoms with Crippen molar-refractivity contribution in [2.45, 2.75) is 12.2 Å². The smallest absolute Gasteiger partial charge is 0.335 e. The van der Waals surface area contributed by atoms with Gasteiger partial charge in [-0.1, -0.05) is 6.07 Å². The summed E-state index contributed by atoms with van der Waals surface area (Å²) in [7, 11) is 2.12. The van der Waals surface area contributed by atoms with E-state index < -0.39 is 35.5 Å². The Morgan fingerprint density at radius 2 is 1.64 bits per heavy atom. The van der Waals surface area contributed by atoms with E-state index in [4.69, 9.17) is 26.2 Å². The number of piperazine rings is 1. The minimum Gasteiger partial charge on any atom is -0.479 e. The minimum atomic E-state index is -2.27. The first kappa shape index (κ1) is 27.5. The van der Waals surface area contributed by atoms with Crippen LogP contribution in [0, 0.1) is 5.82 Å². The first-order valence-electron chi connectivity index (χ1n) is 11.8. The van der Waals surface area contributed by atoms with Gasteiger partial charge in [-0.15, -0.1) is 0 Å². The highest BCUT2D eigenvalue weighted by Crippen LogP contribution is 2.30. The molecule has 0 radical (unpaired) electrons. The predicted molar refractivity (Wildman–Crippen MR) is 141 cm³/mol. The average molecular weight is 543 g/mol. The normalized spacial score (nSPS) is 15.5. The maximum absolute atomic E-state index is 14.3. The summed E-state index contributed by atoms with van der Waals surface area (Å²) in [5.74, 6) is -3.69. The molecular formula is C25H27FN6O7. The molecule has 2 aromatic heterocycles. The molecule has 4 aromatic rings. The fraction of sp³-hybridized carbons (Fsp3) is 0.280. The lowest BCUT2D eigenvalue weighted by atomic mass is 10.1. The number of halogens is 1. The van der Waals surface area contributed by atoms with Crippen molar-refractivity contribution < 1.29 is 34.4 Å². The number of nitrogens with two attached hydrogens (primary N) is 1. The molecule has 0 bridgehead atoms. The van der Waals surface area contributed by atoms with Crippen LogP contribution in [0.2, 0.25) is 0 Å². The molecule has 1 aliphatic rings. The van der Waals surface area contributed by atoms with Gasteiger partial charge in [-0.3, -0.25) is 4.79 Å². The number of nitrogens with zero attached hydrogens (tertiary/aromatic N) is 3. The number of imidazole rings is 1. The largest absolute Gasteiger partial charge is 0.479 e. The number of aliphatic hydroxyl groups is 2. The number of benzene rings is 2. The van der Waals surface area contributed by atoms with Crippen LogP contribution in [-0.4, -0.2) is 97.7 Å². The van der Waals surface area contributed by atoms with Crippen molar-refractivity contribution in [3.63, 3.8) is 0 Å². The number of nitrogens with one attached hydrogen (secondary N) is 2. The number of carbonyl (C=O) groups is 2. The highest BCUT2D eigenvalue weighted by molar-refractivity contribution is 5.98. The molecule has 1 aliphatic heterocycles. The summed E-state index contributed by atoms with van der Waals surface area (Å²) < 4.78 is 14.3. The molecule has 1 saturated heterocycles. The van der Waals surface area contributed by atoms with Crippen molar-refractivity contribution in [3.05, 3.63) is 52.6 Å². The number of anilines is 2. The van der Waals surface area contributed by atoms with Crippen molar-refractivity contribution >= 4 is 45.2 Å². The zero-order valence-electron chi connectivity index (χ0n) is 20.8. The van der Waals surface area contributed by atoms with E-state index in [2.05, 4.69) is 31.8 Å². The second kappa shape index (κ2) is 11.1. The number of fused-ring (bicyclic) bond motifs is 2. The average Bonchev–Trinajstić information content (AvgIpc) is 3.31. The number of nitrogen functional groups attached to an aromatic ring is 1. The van der Waals surface area contributed by atoms with Crippen LogP contribution < -0.4 is 16.2 Å². The lowest BCUT2D eigenvalue weighted by Gasteiger charge is -2.34. The third-order valence-electron chi connectivity index (χ3n) is 6.40. The second-order valence-corrected chi connectivity index (χ2v) is 9.05. The number of carboxylic acid groups (broad SMARTS) is 2. The van der Waals surface area contributed by atoms with E-state index in [9.17, 15) is 18.8 Å². The number of rotatable bonds is 5. The van der Waals surface area contributed by atoms with Crippen LogP contribution in [0.4, 0.5) is 15.8 Å². The Kier molecular flexibility index (Phi) is 7.80. The molecule has 13 nitrogen and oxygen atoms in total. The summed E-state index contributed by atoms with van der Waals surface area (Å²) in [4.78, 5) is 47.3. The molecule has 8 N–H and O–H groups in total. The molecule has 5 rings (SSSR count). The molecule has 1 fully saturated rings. The number of hydrogen-bond acceptors (Lipinski definition) is 9. The molecule has 0 unspecified atom stereocenters. The fourth-order valence-corrected chi connectivity index (χ4v) is 4.22. The molecule has 0 aliphatic carbocycles. The molecule has 2 atom stereocenters. The zero-order valence-corrected chi connectivity index (χ0v) is 20.8. The Balaban J connectivity index is 0.000000303. The number of aromatic amines is 2. The zero-order chi connectivity index (χ0) is 28.4. The van der Waals surface area contributed by atoms with Crippen LogP contribution in [0.25, 0.3) is 33.3 Å². The van der Waals surface area contributed by atoms with Crippen molar-refractivity contribution in [1.29, 1.82) is 0 Å². The van der Waals surface area contributed by atoms with Gasteiger partial charge in [0.15, 0.2) is 12.2 Å². The Hall–Kier alpha value is -4.53. The third kappa shape index (κ3) is 5.67. The highest BCUT2D eigenvalue weighted by Gasteiger charge is 2.29. The quantitative estimate of drug-likeness (QED) is 0.184. The maximum Gasteiger partial charge on any atom is 0.335 e. The molecule has 0 saturated carbocycles. The van der Waals surface area contributed by atoms with E-state index in [0.717, 1.165) is 42.9 Å². The fourth-order valence-electron chi connectivity index (χ4n) is 4.22. The Morgan fingerprint density at radius 1 is 1.00 bits per heavy atom. The summed E-state index contributed by atoms with van der Waals surface area (Å²) in [6.45, 7) is 3.95. The van der Waals surface area contributed by atoms with Gasteiger partial charge < -0.3 is 45.9 Å². The van der Waals surface area contributed by atoms with Crippen LogP contribution in [0.3, 0.4) is 0 Å². The van der Waals surface area contributed by atoms with Gasteiger partial charge in [0.25, 0.3) is 5.56 Å². The van der Waals surface area contributed by atoms with Gasteiger partial charge in [0, 0.05) is 31.9 Å². The van der Waals surface area contributed by atoms with Gasteiger partial charge in [0.2, 0.25) is 0 Å². The standard InChI is InChI=1S/C21H21FN6O.C4H6O6/c1-27-7-9-28(10-8-27)12-5-6-14-16(11-12)25-20(24-14)18-19(23)17-13(22)3-2-4-15(17)26-21(18)29;5-1(3(7)8)2(6)4(9)10/h2-6,11H,7-10H2,1H3,(H,24,25)(H3,23,26,29);1-2,5-6H,(H,7,8)(H,9,10)/t;1-,2-/m.1/s1. The number of carboxylic acids is 2. The predicted octanol–water partition coefficient (Wildman–Crippen LogP) is 0.422. The first-order valence-corrected chi connectivity index (χ1v) is 11.8. The topological polar surface area (TPSA) is 209 Å². The van der Waals surface area contributed by atoms with Crippen molar-refractivity contribution in [2.24, 2.45) is 0 Å². The first-order chi connectivity index (χ1) is 18.5. The molecule has 3 heterocycles. The lowest BCUT2D eigenvalue weighted by Crippen LogP contribution is -2.44. The Morgan fingerprint density at radius 3 is 2.26 bits per heavy atom. The molecule has 39 heavy (non-hydrogen) atoms. The number of likely N-dealkylation sites (N-methyl/N-ethyl adjacent to an activating group) is 1. The van der Waals surface area contributed by atoms with Gasteiger partial charge in [-0.25, -0.2) is 19.0 Å². The van der Waals surface area contributed by atoms with Crippen LogP contribution in [0.1, 0.15) is 0 Å². The van der Waals surface area contributed by atoms with Gasteiger partial charge in [0.05, 0.1) is 27.6 Å². The van der Waals surface area contributed by atoms with Gasteiger partial charge in [0.1, 0.15) is 17.2 Å². The minimum absolute atomic E-state index is 0.0835. The summed E-state index contributed by atoms with van der Waals surface area (Å²) >= 11 is 0. The van der Waals surface area contributed by atoms with Crippen LogP contribution >= 0.6 is 0 Å². The van der Waals surface area contributed by atoms with Crippen molar-refractivity contribution in [1.82, 2.24) is 19.9 Å². The maximum atomic E-state index is 14.3. The summed E-state index contributed by atoms with van der Waals surface area (Å²) in [5, 5.41) is 32.7. The Bertz CT molecular complexity index is 1580. The molecule has 14 heteroatoms. The molecule has 2 aromatic carbocycles. The summed E-state index contributed by atoms with van der Waals surface area (Å²) in [5.41, 5.74) is 9.04. The monoisotopic (exact) mass is 542 g/mol. The van der Waals surface area contributed by atoms with Crippen molar-refractivity contribution in [3.8, 4) is 11.4 Å². The summed E-state index contributed by atoms with van der Waals surface area (Å²) in [6.07, 6.45) is -4.53.